The molecule has 0 spiro atoms. The van der Waals surface area contributed by atoms with E-state index in [2.05, 4.69) is 10.3 Å². The van der Waals surface area contributed by atoms with Crippen LogP contribution < -0.4 is 10.1 Å². The lowest BCUT2D eigenvalue weighted by atomic mass is 10.1. The fourth-order valence-corrected chi connectivity index (χ4v) is 2.75. The molecule has 2 atom stereocenters. The molecule has 1 heterocycles. The zero-order valence-corrected chi connectivity index (χ0v) is 15.1. The molecule has 0 saturated carbocycles. The molecule has 2 unspecified atom stereocenters. The predicted molar refractivity (Wildman–Crippen MR) is 95.2 cm³/mol. The van der Waals surface area contributed by atoms with E-state index in [9.17, 15) is 4.79 Å². The second kappa shape index (κ2) is 8.80. The van der Waals surface area contributed by atoms with Crippen molar-refractivity contribution in [1.29, 1.82) is 0 Å². The number of nitrogens with one attached hydrogen (secondary N) is 1. The van der Waals surface area contributed by atoms with E-state index in [0.29, 0.717) is 6.61 Å². The average molecular weight is 348 g/mol. The lowest BCUT2D eigenvalue weighted by Crippen LogP contribution is -2.39. The van der Waals surface area contributed by atoms with Crippen molar-refractivity contribution in [2.45, 2.75) is 39.8 Å². The molecule has 1 aromatic heterocycles. The summed E-state index contributed by atoms with van der Waals surface area (Å²) in [6, 6.07) is 7.80. The highest BCUT2D eigenvalue weighted by molar-refractivity contribution is 7.09. The van der Waals surface area contributed by atoms with Gasteiger partial charge in [0, 0.05) is 18.0 Å². The molecule has 130 valence electrons. The normalized spacial score (nSPS) is 13.3. The minimum Gasteiger partial charge on any atom is -0.486 e. The van der Waals surface area contributed by atoms with Crippen molar-refractivity contribution in [2.75, 3.05) is 6.61 Å². The maximum atomic E-state index is 12.0. The van der Waals surface area contributed by atoms with E-state index in [4.69, 9.17) is 9.84 Å². The van der Waals surface area contributed by atoms with Gasteiger partial charge in [0.1, 0.15) is 17.4 Å². The van der Waals surface area contributed by atoms with Crippen LogP contribution >= 0.6 is 11.3 Å². The first-order valence-corrected chi connectivity index (χ1v) is 8.89. The van der Waals surface area contributed by atoms with Crippen LogP contribution in [0.1, 0.15) is 30.1 Å². The quantitative estimate of drug-likeness (QED) is 0.769. The maximum Gasteiger partial charge on any atom is 0.226 e. The van der Waals surface area contributed by atoms with Crippen LogP contribution in [0, 0.1) is 12.8 Å². The monoisotopic (exact) mass is 348 g/mol. The summed E-state index contributed by atoms with van der Waals surface area (Å²) in [6.45, 7) is 6.27. The van der Waals surface area contributed by atoms with Gasteiger partial charge in [0.2, 0.25) is 5.91 Å². The van der Waals surface area contributed by atoms with Crippen LogP contribution in [0.4, 0.5) is 0 Å². The number of ether oxygens (including phenoxy) is 1. The van der Waals surface area contributed by atoms with Crippen molar-refractivity contribution in [3.8, 4) is 5.75 Å². The van der Waals surface area contributed by atoms with Gasteiger partial charge in [0.15, 0.2) is 0 Å². The molecule has 0 radical (unpaired) electrons. The molecule has 0 aliphatic rings. The number of nitrogens with zero attached hydrogens (tertiary/aromatic N) is 1. The minimum absolute atomic E-state index is 0.0304. The molecule has 2 N–H and O–H groups in total. The molecule has 0 aliphatic carbocycles. The molecule has 6 heteroatoms. The number of aryl methyl sites for hydroxylation is 1. The van der Waals surface area contributed by atoms with Gasteiger partial charge in [-0.2, -0.15) is 0 Å². The lowest BCUT2D eigenvalue weighted by Gasteiger charge is -2.18. The molecular formula is C18H24N2O3S. The van der Waals surface area contributed by atoms with Crippen LogP contribution in [0.5, 0.6) is 5.75 Å². The van der Waals surface area contributed by atoms with Crippen molar-refractivity contribution < 1.29 is 14.6 Å². The summed E-state index contributed by atoms with van der Waals surface area (Å²) in [5.74, 6) is 0.754. The zero-order valence-electron chi connectivity index (χ0n) is 14.3. The lowest BCUT2D eigenvalue weighted by molar-refractivity contribution is -0.121. The molecule has 5 nitrogen and oxygen atoms in total. The Morgan fingerprint density at radius 2 is 2.04 bits per heavy atom. The third-order valence-electron chi connectivity index (χ3n) is 3.85. The number of amides is 1. The Labute approximate surface area is 146 Å². The Bertz CT molecular complexity index is 655. The van der Waals surface area contributed by atoms with Crippen LogP contribution in [0.25, 0.3) is 0 Å². The van der Waals surface area contributed by atoms with Gasteiger partial charge >= 0.3 is 0 Å². The second-order valence-electron chi connectivity index (χ2n) is 6.03. The summed E-state index contributed by atoms with van der Waals surface area (Å²) in [6.07, 6.45) is 0.240. The number of carbonyl (C=O) groups is 1. The first-order chi connectivity index (χ1) is 11.5. The fraction of sp³-hybridized carbons (Fsp3) is 0.444. The van der Waals surface area contributed by atoms with Gasteiger partial charge in [0.25, 0.3) is 0 Å². The summed E-state index contributed by atoms with van der Waals surface area (Å²) >= 11 is 1.49. The fourth-order valence-electron chi connectivity index (χ4n) is 2.05. The maximum absolute atomic E-state index is 12.0. The molecule has 1 aromatic carbocycles. The minimum atomic E-state index is -0.0842. The number of aliphatic hydroxyl groups excluding tert-OH is 1. The van der Waals surface area contributed by atoms with Crippen LogP contribution in [0.3, 0.4) is 0 Å². The van der Waals surface area contributed by atoms with Gasteiger partial charge in [-0.25, -0.2) is 4.98 Å². The third-order valence-corrected chi connectivity index (χ3v) is 4.73. The summed E-state index contributed by atoms with van der Waals surface area (Å²) in [7, 11) is 0. The van der Waals surface area contributed by atoms with E-state index in [1.54, 1.807) is 0 Å². The summed E-state index contributed by atoms with van der Waals surface area (Å²) < 4.78 is 5.70. The van der Waals surface area contributed by atoms with Crippen molar-refractivity contribution in [3.63, 3.8) is 0 Å². The number of aliphatic hydroxyl groups is 1. The van der Waals surface area contributed by atoms with E-state index in [0.717, 1.165) is 16.5 Å². The standard InChI is InChI=1S/C18H24N2O3S/c1-12-4-6-16(7-5-12)23-10-18-20-15(11-24-18)8-17(22)19-14(3)13(2)9-21/h4-7,11,13-14,21H,8-10H2,1-3H3,(H,19,22). The Kier molecular flexibility index (Phi) is 6.75. The SMILES string of the molecule is Cc1ccc(OCc2nc(CC(=O)NC(C)C(C)CO)cs2)cc1. The van der Waals surface area contributed by atoms with E-state index < -0.39 is 0 Å². The Morgan fingerprint density at radius 3 is 2.71 bits per heavy atom. The van der Waals surface area contributed by atoms with E-state index >= 15 is 0 Å². The average Bonchev–Trinajstić information content (AvgIpc) is 3.00. The summed E-state index contributed by atoms with van der Waals surface area (Å²) in [5, 5.41) is 14.7. The first kappa shape index (κ1) is 18.4. The van der Waals surface area contributed by atoms with Gasteiger partial charge in [-0.05, 0) is 31.9 Å². The molecule has 0 fully saturated rings. The summed E-state index contributed by atoms with van der Waals surface area (Å²) in [5.41, 5.74) is 1.93. The van der Waals surface area contributed by atoms with Crippen LogP contribution in [-0.2, 0) is 17.8 Å². The summed E-state index contributed by atoms with van der Waals surface area (Å²) in [4.78, 5) is 16.4. The highest BCUT2D eigenvalue weighted by Crippen LogP contribution is 2.16. The van der Waals surface area contributed by atoms with Gasteiger partial charge in [-0.3, -0.25) is 4.79 Å². The number of rotatable bonds is 8. The molecule has 2 aromatic rings. The van der Waals surface area contributed by atoms with Crippen molar-refractivity contribution in [2.24, 2.45) is 5.92 Å². The topological polar surface area (TPSA) is 71.5 Å². The smallest absolute Gasteiger partial charge is 0.226 e. The number of hydrogen-bond donors (Lipinski definition) is 2. The molecule has 2 rings (SSSR count). The Balaban J connectivity index is 1.82. The molecular weight excluding hydrogens is 324 g/mol. The largest absolute Gasteiger partial charge is 0.486 e. The Hall–Kier alpha value is -1.92. The molecule has 0 saturated heterocycles. The number of benzene rings is 1. The zero-order chi connectivity index (χ0) is 17.5. The second-order valence-corrected chi connectivity index (χ2v) is 6.97. The van der Waals surface area contributed by atoms with Crippen molar-refractivity contribution in [1.82, 2.24) is 10.3 Å². The van der Waals surface area contributed by atoms with Crippen LogP contribution in [-0.4, -0.2) is 28.6 Å². The van der Waals surface area contributed by atoms with Gasteiger partial charge < -0.3 is 15.2 Å². The van der Waals surface area contributed by atoms with E-state index in [1.165, 1.54) is 16.9 Å². The number of hydrogen-bond acceptors (Lipinski definition) is 5. The molecule has 0 aliphatic heterocycles. The highest BCUT2D eigenvalue weighted by Gasteiger charge is 2.15. The molecule has 24 heavy (non-hydrogen) atoms. The van der Waals surface area contributed by atoms with E-state index in [1.807, 2.05) is 50.4 Å². The number of thiazole rings is 1. The van der Waals surface area contributed by atoms with Crippen LogP contribution in [0.2, 0.25) is 0 Å². The molecule has 0 bridgehead atoms. The van der Waals surface area contributed by atoms with Gasteiger partial charge in [-0.15, -0.1) is 11.3 Å². The van der Waals surface area contributed by atoms with E-state index in [-0.39, 0.29) is 30.9 Å². The van der Waals surface area contributed by atoms with Gasteiger partial charge in [0.05, 0.1) is 12.1 Å². The number of aromatic nitrogens is 1. The Morgan fingerprint density at radius 1 is 1.33 bits per heavy atom. The third kappa shape index (κ3) is 5.62. The van der Waals surface area contributed by atoms with Gasteiger partial charge in [-0.1, -0.05) is 24.6 Å². The van der Waals surface area contributed by atoms with Crippen molar-refractivity contribution in [3.05, 3.63) is 45.9 Å². The van der Waals surface area contributed by atoms with Crippen molar-refractivity contribution >= 4 is 17.2 Å². The highest BCUT2D eigenvalue weighted by atomic mass is 32.1. The van der Waals surface area contributed by atoms with Crippen LogP contribution in [0.15, 0.2) is 29.6 Å². The predicted octanol–water partition coefficient (Wildman–Crippen LogP) is 2.71. The first-order valence-electron chi connectivity index (χ1n) is 8.01. The molecule has 1 amide bonds. The number of carbonyl (C=O) groups excluding carboxylic acids is 1.